The third-order valence-corrected chi connectivity index (χ3v) is 3.73. The van der Waals surface area contributed by atoms with E-state index in [4.69, 9.17) is 4.74 Å². The predicted molar refractivity (Wildman–Crippen MR) is 89.4 cm³/mol. The van der Waals surface area contributed by atoms with Crippen molar-refractivity contribution < 1.29 is 19.1 Å². The van der Waals surface area contributed by atoms with E-state index in [-0.39, 0.29) is 30.6 Å². The van der Waals surface area contributed by atoms with Crippen molar-refractivity contribution in [2.45, 2.75) is 33.1 Å². The van der Waals surface area contributed by atoms with Gasteiger partial charge in [0.15, 0.2) is 0 Å². The van der Waals surface area contributed by atoms with Crippen LogP contribution in [0, 0.1) is 11.8 Å². The molecule has 1 fully saturated rings. The molecule has 2 N–H and O–H groups in total. The summed E-state index contributed by atoms with van der Waals surface area (Å²) in [6, 6.07) is 7.78. The van der Waals surface area contributed by atoms with E-state index in [0.717, 1.165) is 11.3 Å². The molecule has 0 aliphatic carbocycles. The van der Waals surface area contributed by atoms with Crippen molar-refractivity contribution in [2.75, 3.05) is 13.2 Å². The lowest BCUT2D eigenvalue weighted by Crippen LogP contribution is -2.44. The number of rotatable bonds is 7. The monoisotopic (exact) mass is 332 g/mol. The Bertz CT molecular complexity index is 580. The molecule has 24 heavy (non-hydrogen) atoms. The Morgan fingerprint density at radius 1 is 1.21 bits per heavy atom. The van der Waals surface area contributed by atoms with Gasteiger partial charge in [-0.1, -0.05) is 26.0 Å². The zero-order valence-electron chi connectivity index (χ0n) is 14.1. The quantitative estimate of drug-likeness (QED) is 0.740. The van der Waals surface area contributed by atoms with E-state index in [0.29, 0.717) is 25.5 Å². The second-order valence-corrected chi connectivity index (χ2v) is 6.47. The van der Waals surface area contributed by atoms with Crippen molar-refractivity contribution in [3.63, 3.8) is 0 Å². The molecule has 1 heterocycles. The average Bonchev–Trinajstić information content (AvgIpc) is 2.53. The van der Waals surface area contributed by atoms with Gasteiger partial charge in [0.1, 0.15) is 5.75 Å². The molecule has 1 aromatic rings. The summed E-state index contributed by atoms with van der Waals surface area (Å²) >= 11 is 0. The van der Waals surface area contributed by atoms with Crippen LogP contribution >= 0.6 is 0 Å². The summed E-state index contributed by atoms with van der Waals surface area (Å²) in [5, 5.41) is 4.99. The Balaban J connectivity index is 1.74. The second kappa shape index (κ2) is 8.47. The van der Waals surface area contributed by atoms with Gasteiger partial charge in [0, 0.05) is 19.4 Å². The lowest BCUT2D eigenvalue weighted by Gasteiger charge is -2.20. The van der Waals surface area contributed by atoms with Crippen LogP contribution < -0.4 is 15.4 Å². The van der Waals surface area contributed by atoms with Crippen LogP contribution in [0.4, 0.5) is 0 Å². The molecule has 0 atom stereocenters. The molecular weight excluding hydrogens is 308 g/mol. The van der Waals surface area contributed by atoms with Gasteiger partial charge in [-0.05, 0) is 30.0 Å². The van der Waals surface area contributed by atoms with Crippen LogP contribution in [0.2, 0.25) is 0 Å². The highest BCUT2D eigenvalue weighted by Gasteiger charge is 2.29. The Kier molecular flexibility index (Phi) is 6.35. The van der Waals surface area contributed by atoms with E-state index in [1.165, 1.54) is 0 Å². The number of piperidine rings is 1. The summed E-state index contributed by atoms with van der Waals surface area (Å²) in [5.74, 6) is -0.253. The van der Waals surface area contributed by atoms with Gasteiger partial charge in [-0.15, -0.1) is 0 Å². The number of hydrogen-bond donors (Lipinski definition) is 2. The molecular formula is C18H24N2O4. The summed E-state index contributed by atoms with van der Waals surface area (Å²) in [7, 11) is 0. The van der Waals surface area contributed by atoms with Gasteiger partial charge >= 0.3 is 0 Å². The van der Waals surface area contributed by atoms with Gasteiger partial charge in [-0.3, -0.25) is 19.7 Å². The number of ether oxygens (including phenoxy) is 1. The molecule has 1 saturated heterocycles. The highest BCUT2D eigenvalue weighted by molar-refractivity contribution is 6.02. The fourth-order valence-corrected chi connectivity index (χ4v) is 2.45. The van der Waals surface area contributed by atoms with Crippen LogP contribution in [-0.2, 0) is 20.8 Å². The molecule has 6 heteroatoms. The highest BCUT2D eigenvalue weighted by atomic mass is 16.5. The van der Waals surface area contributed by atoms with Crippen LogP contribution in [0.5, 0.6) is 5.75 Å². The number of imide groups is 1. The van der Waals surface area contributed by atoms with E-state index < -0.39 is 5.92 Å². The van der Waals surface area contributed by atoms with E-state index in [1.807, 2.05) is 24.3 Å². The molecule has 1 aromatic carbocycles. The fourth-order valence-electron chi connectivity index (χ4n) is 2.45. The Morgan fingerprint density at radius 3 is 2.42 bits per heavy atom. The number of carbonyl (C=O) groups excluding carboxylic acids is 3. The van der Waals surface area contributed by atoms with E-state index in [9.17, 15) is 14.4 Å². The maximum Gasteiger partial charge on any atom is 0.227 e. The van der Waals surface area contributed by atoms with E-state index in [2.05, 4.69) is 24.5 Å². The first kappa shape index (κ1) is 18.0. The third kappa shape index (κ3) is 5.68. The van der Waals surface area contributed by atoms with Crippen molar-refractivity contribution in [1.82, 2.24) is 10.6 Å². The largest absolute Gasteiger partial charge is 0.493 e. The smallest absolute Gasteiger partial charge is 0.227 e. The molecule has 2 rings (SSSR count). The lowest BCUT2D eigenvalue weighted by molar-refractivity contribution is -0.140. The topological polar surface area (TPSA) is 84.5 Å². The number of amides is 3. The van der Waals surface area contributed by atoms with Crippen molar-refractivity contribution in [3.8, 4) is 5.75 Å². The minimum atomic E-state index is -0.557. The molecule has 0 bridgehead atoms. The van der Waals surface area contributed by atoms with Crippen molar-refractivity contribution >= 4 is 17.7 Å². The number of carbonyl (C=O) groups is 3. The lowest BCUT2D eigenvalue weighted by atomic mass is 9.96. The summed E-state index contributed by atoms with van der Waals surface area (Å²) in [4.78, 5) is 34.6. The predicted octanol–water partition coefficient (Wildman–Crippen LogP) is 1.43. The Labute approximate surface area is 142 Å². The molecule has 3 amide bonds. The van der Waals surface area contributed by atoms with Gasteiger partial charge in [-0.2, -0.15) is 0 Å². The Morgan fingerprint density at radius 2 is 1.83 bits per heavy atom. The van der Waals surface area contributed by atoms with Crippen LogP contribution in [0.3, 0.4) is 0 Å². The number of nitrogens with one attached hydrogen (secondary N) is 2. The van der Waals surface area contributed by atoms with Crippen molar-refractivity contribution in [3.05, 3.63) is 29.8 Å². The number of benzene rings is 1. The normalized spacial score (nSPS) is 15.3. The standard InChI is InChI=1S/C18H24N2O4/c1-12(2)11-24-15-5-3-13(4-6-15)7-8-19-18(23)14-9-16(21)20-17(22)10-14/h3-6,12,14H,7-11H2,1-2H3,(H,19,23)(H,20,21,22). The molecule has 1 aliphatic rings. The summed E-state index contributed by atoms with van der Waals surface area (Å²) in [5.41, 5.74) is 1.09. The molecule has 6 nitrogen and oxygen atoms in total. The average molecular weight is 332 g/mol. The van der Waals surface area contributed by atoms with Gasteiger partial charge in [0.25, 0.3) is 0 Å². The first-order valence-electron chi connectivity index (χ1n) is 8.26. The maximum atomic E-state index is 12.0. The summed E-state index contributed by atoms with van der Waals surface area (Å²) in [6.07, 6.45) is 0.821. The molecule has 0 spiro atoms. The molecule has 130 valence electrons. The fraction of sp³-hybridized carbons (Fsp3) is 0.500. The first-order chi connectivity index (χ1) is 11.4. The van der Waals surface area contributed by atoms with Crippen LogP contribution in [0.15, 0.2) is 24.3 Å². The number of hydrogen-bond acceptors (Lipinski definition) is 4. The van der Waals surface area contributed by atoms with Crippen LogP contribution in [0.1, 0.15) is 32.3 Å². The molecule has 0 radical (unpaired) electrons. The molecule has 0 saturated carbocycles. The van der Waals surface area contributed by atoms with Gasteiger partial charge < -0.3 is 10.1 Å². The van der Waals surface area contributed by atoms with Crippen molar-refractivity contribution in [2.24, 2.45) is 11.8 Å². The van der Waals surface area contributed by atoms with E-state index in [1.54, 1.807) is 0 Å². The molecule has 0 aromatic heterocycles. The Hall–Kier alpha value is -2.37. The molecule has 0 unspecified atom stereocenters. The van der Waals surface area contributed by atoms with E-state index >= 15 is 0 Å². The van der Waals surface area contributed by atoms with Crippen molar-refractivity contribution in [1.29, 1.82) is 0 Å². The van der Waals surface area contributed by atoms with Gasteiger partial charge in [0.2, 0.25) is 17.7 Å². The second-order valence-electron chi connectivity index (χ2n) is 6.47. The summed E-state index contributed by atoms with van der Waals surface area (Å²) in [6.45, 7) is 5.35. The maximum absolute atomic E-state index is 12.0. The zero-order chi connectivity index (χ0) is 17.5. The highest BCUT2D eigenvalue weighted by Crippen LogP contribution is 2.15. The first-order valence-corrected chi connectivity index (χ1v) is 8.26. The minimum absolute atomic E-state index is 0.0689. The molecule has 1 aliphatic heterocycles. The third-order valence-electron chi connectivity index (χ3n) is 3.73. The summed E-state index contributed by atoms with van der Waals surface area (Å²) < 4.78 is 5.63. The van der Waals surface area contributed by atoms with Crippen LogP contribution in [0.25, 0.3) is 0 Å². The van der Waals surface area contributed by atoms with Gasteiger partial charge in [-0.25, -0.2) is 0 Å². The SMILES string of the molecule is CC(C)COc1ccc(CCNC(=O)C2CC(=O)NC(=O)C2)cc1. The zero-order valence-corrected chi connectivity index (χ0v) is 14.1. The van der Waals surface area contributed by atoms with Gasteiger partial charge in [0.05, 0.1) is 12.5 Å². The van der Waals surface area contributed by atoms with Crippen LogP contribution in [-0.4, -0.2) is 30.9 Å². The minimum Gasteiger partial charge on any atom is -0.493 e.